The smallest absolute Gasteiger partial charge is 0.657 e. The van der Waals surface area contributed by atoms with Crippen LogP contribution in [-0.4, -0.2) is 23.3 Å². The van der Waals surface area contributed by atoms with Crippen LogP contribution in [0.5, 0.6) is 0 Å². The van der Waals surface area contributed by atoms with Gasteiger partial charge in [-0.3, -0.25) is 10.1 Å². The number of nitro benzene ring substituents is 1. The number of nitrogens with zero attached hydrogens (tertiary/aromatic N) is 5. The van der Waals surface area contributed by atoms with E-state index in [0.717, 1.165) is 74.2 Å². The van der Waals surface area contributed by atoms with Crippen LogP contribution in [0.2, 0.25) is 0 Å². The Bertz CT molecular complexity index is 3490. The van der Waals surface area contributed by atoms with E-state index in [2.05, 4.69) is 12.1 Å². The van der Waals surface area contributed by atoms with Gasteiger partial charge in [0.25, 0.3) is 5.69 Å². The second-order valence-electron chi connectivity index (χ2n) is 16.8. The molecule has 8 bridgehead atoms. The number of benzene rings is 5. The normalized spacial score (nSPS) is 12.4. The van der Waals surface area contributed by atoms with E-state index in [4.69, 9.17) is 19.9 Å². The minimum atomic E-state index is -4.09. The molecule has 0 saturated heterocycles. The van der Waals surface area contributed by atoms with Crippen LogP contribution in [0.3, 0.4) is 0 Å². The summed E-state index contributed by atoms with van der Waals surface area (Å²) in [6, 6.07) is 49.6. The molecule has 0 spiro atoms. The van der Waals surface area contributed by atoms with E-state index in [0.29, 0.717) is 40.0 Å². The van der Waals surface area contributed by atoms with Crippen LogP contribution in [0.4, 0.5) is 5.69 Å². The van der Waals surface area contributed by atoms with Gasteiger partial charge in [0.1, 0.15) is 0 Å². The van der Waals surface area contributed by atoms with Crippen molar-refractivity contribution in [1.29, 1.82) is 0 Å². The molecule has 9 nitrogen and oxygen atoms in total. The van der Waals surface area contributed by atoms with Gasteiger partial charge in [-0.15, -0.1) is 22.1 Å². The van der Waals surface area contributed by atoms with E-state index >= 15 is 0 Å². The van der Waals surface area contributed by atoms with Crippen molar-refractivity contribution < 1.29 is 32.8 Å². The maximum atomic E-state index is 14.7. The SMILES string of the molecule is CCCCCC(c1cc(-c2c3nc(c(-c4ccccc4)c4ccc([n-]4)c(-c4ccccc4)c4nc(c(-c5ccccc5)c5ccc2[n-]5)C=C4)C=C3)ccc1[N+](=O)[O-])S(=O)(=O)c1ccc(C)cc1.[Zn+2]. The molecule has 0 N–H and O–H groups in total. The number of aryl methyl sites for hydroxylation is 1. The molecule has 0 fully saturated rings. The van der Waals surface area contributed by atoms with Gasteiger partial charge in [-0.1, -0.05) is 159 Å². The molecule has 2 aliphatic rings. The number of hydrogen-bond acceptors (Lipinski definition) is 6. The fourth-order valence-corrected chi connectivity index (χ4v) is 11.0. The molecular formula is C57H45N5O4SZn. The fourth-order valence-electron chi connectivity index (χ4n) is 9.17. The second kappa shape index (κ2) is 19.5. The number of nitro groups is 1. The summed E-state index contributed by atoms with van der Waals surface area (Å²) in [6.45, 7) is 3.94. The Kier molecular flexibility index (Phi) is 13.1. The molecule has 11 heteroatoms. The summed E-state index contributed by atoms with van der Waals surface area (Å²) in [7, 11) is -4.09. The third kappa shape index (κ3) is 8.83. The summed E-state index contributed by atoms with van der Waals surface area (Å²) in [5, 5.41) is 11.7. The number of sulfone groups is 1. The largest absolute Gasteiger partial charge is 2.00 e. The van der Waals surface area contributed by atoms with Crippen LogP contribution in [0.15, 0.2) is 163 Å². The Morgan fingerprint density at radius 2 is 0.956 bits per heavy atom. The van der Waals surface area contributed by atoms with Gasteiger partial charge in [-0.05, 0) is 106 Å². The van der Waals surface area contributed by atoms with Crippen LogP contribution in [0.25, 0.3) is 90.9 Å². The first-order valence-electron chi connectivity index (χ1n) is 22.5. The number of rotatable bonds is 12. The number of fused-ring (bicyclic) bond motifs is 8. The standard InChI is InChI=1S/C57H45N5O4S.Zn/c1-3-4-8-21-53(67(65,66)42-25-22-37(2)23-26-42)43-36-41(24-35-52(43)62(63)64)57-50-33-31-48(60-50)55(39-17-11-6-12-18-39)46-29-27-44(58-46)54(38-15-9-5-10-16-38)45-28-30-47(59-45)56(40-19-13-7-14-20-40)49-32-34-51(57)61-49;/h5-7,9-20,22-36,53H,3-4,8,21H2,1-2H3;/q-2;+2. The predicted octanol–water partition coefficient (Wildman–Crippen LogP) is 13.9. The molecule has 10 rings (SSSR count). The molecule has 0 aliphatic carbocycles. The van der Waals surface area contributed by atoms with Gasteiger partial charge < -0.3 is 9.97 Å². The molecular weight excluding hydrogens is 916 g/mol. The molecule has 0 radical (unpaired) electrons. The Morgan fingerprint density at radius 1 is 0.544 bits per heavy atom. The maximum absolute atomic E-state index is 14.7. The van der Waals surface area contributed by atoms with Gasteiger partial charge in [0.15, 0.2) is 9.84 Å². The van der Waals surface area contributed by atoms with Crippen LogP contribution in [-0.2, 0) is 29.3 Å². The van der Waals surface area contributed by atoms with Crippen LogP contribution < -0.4 is 9.97 Å². The first kappa shape index (κ1) is 45.8. The van der Waals surface area contributed by atoms with Gasteiger partial charge in [-0.2, -0.15) is 0 Å². The van der Waals surface area contributed by atoms with Crippen molar-refractivity contribution in [2.45, 2.75) is 49.7 Å². The summed E-state index contributed by atoms with van der Waals surface area (Å²) < 4.78 is 29.5. The van der Waals surface area contributed by atoms with Crippen molar-refractivity contribution in [1.82, 2.24) is 19.9 Å². The van der Waals surface area contributed by atoms with Gasteiger partial charge in [0.2, 0.25) is 0 Å². The zero-order valence-electron chi connectivity index (χ0n) is 37.7. The second-order valence-corrected chi connectivity index (χ2v) is 19.0. The third-order valence-corrected chi connectivity index (χ3v) is 14.6. The van der Waals surface area contributed by atoms with E-state index in [9.17, 15) is 18.5 Å². The van der Waals surface area contributed by atoms with E-state index in [-0.39, 0.29) is 42.0 Å². The van der Waals surface area contributed by atoms with Crippen LogP contribution >= 0.6 is 0 Å². The van der Waals surface area contributed by atoms with Gasteiger partial charge in [0, 0.05) is 11.6 Å². The molecule has 68 heavy (non-hydrogen) atoms. The molecule has 8 aromatic rings. The quantitative estimate of drug-likeness (QED) is 0.0512. The third-order valence-electron chi connectivity index (χ3n) is 12.5. The molecule has 330 valence electrons. The molecule has 3 aromatic heterocycles. The topological polar surface area (TPSA) is 131 Å². The monoisotopic (exact) mass is 959 g/mol. The maximum Gasteiger partial charge on any atom is 2.00 e. The minimum absolute atomic E-state index is 0. The van der Waals surface area contributed by atoms with Gasteiger partial charge >= 0.3 is 19.5 Å². The molecule has 1 atom stereocenters. The number of aromatic nitrogens is 4. The predicted molar refractivity (Wildman–Crippen MR) is 270 cm³/mol. The van der Waals surface area contributed by atoms with Crippen molar-refractivity contribution in [3.63, 3.8) is 0 Å². The summed E-state index contributed by atoms with van der Waals surface area (Å²) in [4.78, 5) is 33.9. The van der Waals surface area contributed by atoms with Crippen LogP contribution in [0, 0.1) is 17.0 Å². The van der Waals surface area contributed by atoms with Crippen molar-refractivity contribution in [2.75, 3.05) is 0 Å². The van der Waals surface area contributed by atoms with E-state index < -0.39 is 20.0 Å². The Morgan fingerprint density at radius 3 is 1.35 bits per heavy atom. The molecule has 0 saturated carbocycles. The first-order chi connectivity index (χ1) is 32.7. The minimum Gasteiger partial charge on any atom is -0.657 e. The Hall–Kier alpha value is -7.33. The molecule has 2 aliphatic heterocycles. The van der Waals surface area contributed by atoms with Crippen molar-refractivity contribution in [3.05, 3.63) is 202 Å². The Balaban J connectivity index is 0.00000578. The van der Waals surface area contributed by atoms with E-state index in [1.807, 2.05) is 141 Å². The average Bonchev–Trinajstić information content (AvgIpc) is 4.20. The molecule has 5 aromatic carbocycles. The van der Waals surface area contributed by atoms with E-state index in [1.54, 1.807) is 36.4 Å². The van der Waals surface area contributed by atoms with Crippen molar-refractivity contribution in [2.24, 2.45) is 0 Å². The number of unbranched alkanes of at least 4 members (excludes halogenated alkanes) is 2. The molecule has 0 amide bonds. The zero-order chi connectivity index (χ0) is 46.1. The summed E-state index contributed by atoms with van der Waals surface area (Å²) in [5.74, 6) is 0. The summed E-state index contributed by atoms with van der Waals surface area (Å²) >= 11 is 0. The summed E-state index contributed by atoms with van der Waals surface area (Å²) in [5.41, 5.74) is 12.6. The average molecular weight is 961 g/mol. The fraction of sp³-hybridized carbons (Fsp3) is 0.123. The first-order valence-corrected chi connectivity index (χ1v) is 24.0. The zero-order valence-corrected chi connectivity index (χ0v) is 41.5. The molecule has 1 unspecified atom stereocenters. The summed E-state index contributed by atoms with van der Waals surface area (Å²) in [6.07, 6.45) is 10.3. The van der Waals surface area contributed by atoms with Crippen LogP contribution in [0.1, 0.15) is 71.8 Å². The Labute approximate surface area is 408 Å². The van der Waals surface area contributed by atoms with E-state index in [1.165, 1.54) is 6.07 Å². The van der Waals surface area contributed by atoms with Crippen molar-refractivity contribution in [3.8, 4) is 44.5 Å². The van der Waals surface area contributed by atoms with Gasteiger partial charge in [-0.25, -0.2) is 18.4 Å². The molecule has 5 heterocycles. The van der Waals surface area contributed by atoms with Crippen molar-refractivity contribution >= 4 is 61.9 Å². The number of hydrogen-bond donors (Lipinski definition) is 0. The van der Waals surface area contributed by atoms with Gasteiger partial charge in [0.05, 0.1) is 37.8 Å².